The van der Waals surface area contributed by atoms with E-state index >= 15 is 0 Å². The number of nitrogens with two attached hydrogens (primary N) is 1. The highest BCUT2D eigenvalue weighted by Crippen LogP contribution is 2.23. The normalized spacial score (nSPS) is 14.3. The Morgan fingerprint density at radius 1 is 1.24 bits per heavy atom. The number of esters is 1. The summed E-state index contributed by atoms with van der Waals surface area (Å²) in [6.45, 7) is 3.56. The van der Waals surface area contributed by atoms with Gasteiger partial charge in [-0.25, -0.2) is 5.53 Å². The Morgan fingerprint density at radius 3 is 2.42 bits per heavy atom. The molecule has 0 aliphatic carbocycles. The quantitative estimate of drug-likeness (QED) is 0.360. The van der Waals surface area contributed by atoms with E-state index in [1.165, 1.54) is 0 Å². The molecule has 2 aromatic rings. The molecule has 0 amide bonds. The van der Waals surface area contributed by atoms with Crippen molar-refractivity contribution in [2.45, 2.75) is 32.4 Å². The van der Waals surface area contributed by atoms with Crippen molar-refractivity contribution in [1.82, 2.24) is 21.4 Å². The molecule has 0 saturated carbocycles. The summed E-state index contributed by atoms with van der Waals surface area (Å²) in [5.74, 6) is -1.03. The van der Waals surface area contributed by atoms with E-state index in [0.29, 0.717) is 11.0 Å². The zero-order chi connectivity index (χ0) is 24.4. The lowest BCUT2D eigenvalue weighted by atomic mass is 10.0. The minimum Gasteiger partial charge on any atom is -0.480 e. The standard InChI is InChI=1S/C20H22ClNO4.C2H7N5/c1-3-26-20(25)13(2)22-18(19(23)24)11-14-7-9-15(10-8-14)16-5-4-6-17(21)12-16;1-7-2(3)4-5-6-7/h4-10,12-13,18,22H,3,11H2,1-2H3,(H,23,24);5-6H,1H3,(H2,3,4)/t13-,18-;/m0./s1. The Hall–Kier alpha value is -3.34. The summed E-state index contributed by atoms with van der Waals surface area (Å²) < 4.78 is 4.90. The van der Waals surface area contributed by atoms with E-state index in [9.17, 15) is 14.7 Å². The highest BCUT2D eigenvalue weighted by molar-refractivity contribution is 6.30. The largest absolute Gasteiger partial charge is 0.480 e. The second kappa shape index (κ2) is 12.6. The van der Waals surface area contributed by atoms with Gasteiger partial charge in [-0.3, -0.25) is 19.9 Å². The Morgan fingerprint density at radius 2 is 1.94 bits per heavy atom. The number of carboxylic acids is 1. The lowest BCUT2D eigenvalue weighted by Gasteiger charge is -2.19. The molecular weight excluding hydrogens is 448 g/mol. The van der Waals surface area contributed by atoms with E-state index < -0.39 is 24.0 Å². The Bertz CT molecular complexity index is 970. The van der Waals surface area contributed by atoms with Gasteiger partial charge in [-0.05, 0) is 49.1 Å². The number of carbonyl (C=O) groups excluding carboxylic acids is 1. The van der Waals surface area contributed by atoms with Crippen LogP contribution >= 0.6 is 11.6 Å². The van der Waals surface area contributed by atoms with Crippen LogP contribution in [-0.4, -0.2) is 53.8 Å². The number of benzene rings is 2. The number of hydrazone groups is 1. The summed E-state index contributed by atoms with van der Waals surface area (Å²) in [4.78, 5) is 23.2. The van der Waals surface area contributed by atoms with Crippen molar-refractivity contribution in [3.63, 3.8) is 0 Å². The maximum absolute atomic E-state index is 11.7. The highest BCUT2D eigenvalue weighted by Gasteiger charge is 2.24. The number of rotatable bonds is 8. The highest BCUT2D eigenvalue weighted by atomic mass is 35.5. The first-order valence-corrected chi connectivity index (χ1v) is 10.7. The van der Waals surface area contributed by atoms with Gasteiger partial charge in [-0.2, -0.15) is 0 Å². The van der Waals surface area contributed by atoms with Crippen molar-refractivity contribution in [3.8, 4) is 11.1 Å². The van der Waals surface area contributed by atoms with Crippen molar-refractivity contribution in [2.24, 2.45) is 10.8 Å². The van der Waals surface area contributed by atoms with Gasteiger partial charge in [0.05, 0.1) is 6.61 Å². The fourth-order valence-electron chi connectivity index (χ4n) is 2.88. The van der Waals surface area contributed by atoms with E-state index in [0.717, 1.165) is 16.7 Å². The van der Waals surface area contributed by atoms with Crippen molar-refractivity contribution >= 4 is 29.5 Å². The summed E-state index contributed by atoms with van der Waals surface area (Å²) in [6.07, 6.45) is 0.259. The van der Waals surface area contributed by atoms with Gasteiger partial charge in [0, 0.05) is 12.1 Å². The smallest absolute Gasteiger partial charge is 0.322 e. The SMILES string of the molecule is CCOC(=O)[C@H](C)N[C@@H](Cc1ccc(-c2cccc(Cl)c2)cc1)C(=O)O.CN1NNN=C1N. The van der Waals surface area contributed by atoms with Gasteiger partial charge in [-0.1, -0.05) is 48.0 Å². The molecule has 0 bridgehead atoms. The zero-order valence-corrected chi connectivity index (χ0v) is 19.5. The number of carbonyl (C=O) groups is 2. The first-order chi connectivity index (χ1) is 15.7. The number of halogens is 1. The van der Waals surface area contributed by atoms with Crippen LogP contribution in [0.2, 0.25) is 5.02 Å². The van der Waals surface area contributed by atoms with Crippen molar-refractivity contribution in [1.29, 1.82) is 0 Å². The molecule has 33 heavy (non-hydrogen) atoms. The average molecular weight is 477 g/mol. The van der Waals surface area contributed by atoms with Crippen molar-refractivity contribution in [3.05, 3.63) is 59.1 Å². The monoisotopic (exact) mass is 476 g/mol. The van der Waals surface area contributed by atoms with E-state index in [1.54, 1.807) is 25.9 Å². The van der Waals surface area contributed by atoms with Crippen LogP contribution < -0.4 is 22.1 Å². The van der Waals surface area contributed by atoms with Crippen LogP contribution in [0.3, 0.4) is 0 Å². The van der Waals surface area contributed by atoms with E-state index in [4.69, 9.17) is 22.1 Å². The molecule has 1 aliphatic heterocycles. The Kier molecular flexibility index (Phi) is 9.92. The van der Waals surface area contributed by atoms with Gasteiger partial charge >= 0.3 is 11.9 Å². The van der Waals surface area contributed by atoms with Crippen LogP contribution in [0.1, 0.15) is 19.4 Å². The molecule has 0 saturated heterocycles. The molecule has 0 aromatic heterocycles. The first kappa shape index (κ1) is 25.9. The Balaban J connectivity index is 0.000000468. The molecule has 178 valence electrons. The minimum absolute atomic E-state index is 0.257. The number of hydrogen-bond donors (Lipinski definition) is 5. The third kappa shape index (κ3) is 8.26. The van der Waals surface area contributed by atoms with Gasteiger partial charge in [0.2, 0.25) is 5.96 Å². The predicted molar refractivity (Wildman–Crippen MR) is 127 cm³/mol. The maximum Gasteiger partial charge on any atom is 0.322 e. The predicted octanol–water partition coefficient (Wildman–Crippen LogP) is 1.71. The number of guanidine groups is 1. The summed E-state index contributed by atoms with van der Waals surface area (Å²) in [6, 6.07) is 13.6. The second-order valence-electron chi connectivity index (χ2n) is 7.20. The third-order valence-corrected chi connectivity index (χ3v) is 4.91. The molecule has 2 atom stereocenters. The molecule has 3 rings (SSSR count). The third-order valence-electron chi connectivity index (χ3n) is 4.67. The summed E-state index contributed by atoms with van der Waals surface area (Å²) >= 11 is 6.01. The summed E-state index contributed by atoms with van der Waals surface area (Å²) in [5.41, 5.74) is 13.2. The number of nitrogens with one attached hydrogen (secondary N) is 3. The summed E-state index contributed by atoms with van der Waals surface area (Å²) in [5, 5.41) is 18.0. The van der Waals surface area contributed by atoms with E-state index in [2.05, 4.69) is 21.5 Å². The molecule has 6 N–H and O–H groups in total. The number of carboxylic acid groups (broad SMARTS) is 1. The van der Waals surface area contributed by atoms with Gasteiger partial charge < -0.3 is 15.6 Å². The topological polar surface area (TPSA) is 141 Å². The summed E-state index contributed by atoms with van der Waals surface area (Å²) in [7, 11) is 1.76. The van der Waals surface area contributed by atoms with Gasteiger partial charge in [0.1, 0.15) is 12.1 Å². The number of hydrazine groups is 2. The minimum atomic E-state index is -1.01. The zero-order valence-electron chi connectivity index (χ0n) is 18.7. The van der Waals surface area contributed by atoms with E-state index in [-0.39, 0.29) is 13.0 Å². The van der Waals surface area contributed by atoms with Crippen LogP contribution in [-0.2, 0) is 20.7 Å². The van der Waals surface area contributed by atoms with Crippen LogP contribution in [0.15, 0.2) is 53.6 Å². The molecule has 0 spiro atoms. The van der Waals surface area contributed by atoms with Gasteiger partial charge in [0.25, 0.3) is 0 Å². The van der Waals surface area contributed by atoms with Gasteiger partial charge in [-0.15, -0.1) is 10.6 Å². The fraction of sp³-hybridized carbons (Fsp3) is 0.318. The van der Waals surface area contributed by atoms with Crippen LogP contribution in [0.25, 0.3) is 11.1 Å². The fourth-order valence-corrected chi connectivity index (χ4v) is 3.07. The molecule has 10 nitrogen and oxygen atoms in total. The lowest BCUT2D eigenvalue weighted by molar-refractivity contribution is -0.146. The molecule has 1 heterocycles. The maximum atomic E-state index is 11.7. The number of nitrogens with zero attached hydrogens (tertiary/aromatic N) is 2. The van der Waals surface area contributed by atoms with Crippen molar-refractivity contribution < 1.29 is 19.4 Å². The molecule has 11 heteroatoms. The Labute approximate surface area is 197 Å². The number of aliphatic carboxylic acids is 1. The van der Waals surface area contributed by atoms with Crippen LogP contribution in [0.4, 0.5) is 0 Å². The van der Waals surface area contributed by atoms with Gasteiger partial charge in [0.15, 0.2) is 0 Å². The number of ether oxygens (including phenoxy) is 1. The lowest BCUT2D eigenvalue weighted by Crippen LogP contribution is -2.47. The van der Waals surface area contributed by atoms with Crippen molar-refractivity contribution in [2.75, 3.05) is 13.7 Å². The molecule has 0 fully saturated rings. The molecule has 2 aromatic carbocycles. The molecule has 0 unspecified atom stereocenters. The molecule has 1 aliphatic rings. The first-order valence-electron chi connectivity index (χ1n) is 10.3. The second-order valence-corrected chi connectivity index (χ2v) is 7.63. The number of hydrogen-bond acceptors (Lipinski definition) is 9. The van der Waals surface area contributed by atoms with Crippen LogP contribution in [0.5, 0.6) is 0 Å². The van der Waals surface area contributed by atoms with E-state index in [1.807, 2.05) is 48.5 Å². The van der Waals surface area contributed by atoms with Crippen LogP contribution in [0, 0.1) is 0 Å². The average Bonchev–Trinajstić information content (AvgIpc) is 3.16. The molecular formula is C22H29ClN6O4. The molecule has 0 radical (unpaired) electrons.